The Morgan fingerprint density at radius 2 is 2.16 bits per heavy atom. The van der Waals surface area contributed by atoms with E-state index >= 15 is 0 Å². The van der Waals surface area contributed by atoms with Crippen LogP contribution in [0.25, 0.3) is 11.4 Å². The van der Waals surface area contributed by atoms with Gasteiger partial charge in [0.15, 0.2) is 5.82 Å². The number of rotatable bonds is 3. The second kappa shape index (κ2) is 4.64. The van der Waals surface area contributed by atoms with Crippen molar-refractivity contribution in [2.24, 2.45) is 7.05 Å². The van der Waals surface area contributed by atoms with E-state index in [2.05, 4.69) is 17.3 Å². The first-order valence-corrected chi connectivity index (χ1v) is 6.83. The molecule has 0 atom stereocenters. The van der Waals surface area contributed by atoms with Crippen molar-refractivity contribution in [3.05, 3.63) is 23.1 Å². The second-order valence-electron chi connectivity index (χ2n) is 5.01. The minimum atomic E-state index is 0.794. The van der Waals surface area contributed by atoms with Gasteiger partial charge in [0.2, 0.25) is 0 Å². The number of hydrogen-bond acceptors (Lipinski definition) is 4. The fraction of sp³-hybridized carbons (Fsp3) is 0.500. The molecule has 0 bridgehead atoms. The van der Waals surface area contributed by atoms with Crippen molar-refractivity contribution in [3.8, 4) is 11.4 Å². The molecule has 0 saturated heterocycles. The Hall–Kier alpha value is -1.91. The Morgan fingerprint density at radius 3 is 2.84 bits per heavy atom. The predicted molar refractivity (Wildman–Crippen MR) is 75.2 cm³/mol. The molecule has 1 N–H and O–H groups in total. The summed E-state index contributed by atoms with van der Waals surface area (Å²) < 4.78 is 1.81. The summed E-state index contributed by atoms with van der Waals surface area (Å²) in [4.78, 5) is 9.44. The maximum absolute atomic E-state index is 4.74. The van der Waals surface area contributed by atoms with E-state index in [1.54, 1.807) is 0 Å². The summed E-state index contributed by atoms with van der Waals surface area (Å²) in [6.07, 6.45) is 5.31. The van der Waals surface area contributed by atoms with E-state index in [0.717, 1.165) is 42.3 Å². The standard InChI is InChI=1S/C14H19N5/c1-4-15-13-10-6-5-7-12(10)16-14(17-13)11-8-19(3)18-9(11)2/h8H,4-7H2,1-3H3,(H,15,16,17). The van der Waals surface area contributed by atoms with Gasteiger partial charge in [0.05, 0.1) is 11.3 Å². The van der Waals surface area contributed by atoms with Crippen LogP contribution in [0.3, 0.4) is 0 Å². The number of nitrogens with zero attached hydrogens (tertiary/aromatic N) is 4. The molecule has 19 heavy (non-hydrogen) atoms. The number of hydrogen-bond donors (Lipinski definition) is 1. The molecule has 0 amide bonds. The zero-order chi connectivity index (χ0) is 13.4. The number of aryl methyl sites for hydroxylation is 3. The fourth-order valence-corrected chi connectivity index (χ4v) is 2.69. The maximum Gasteiger partial charge on any atom is 0.165 e. The van der Waals surface area contributed by atoms with E-state index in [1.807, 2.05) is 24.9 Å². The summed E-state index contributed by atoms with van der Waals surface area (Å²) in [5, 5.41) is 7.74. The van der Waals surface area contributed by atoms with Gasteiger partial charge in [-0.05, 0) is 33.1 Å². The van der Waals surface area contributed by atoms with Gasteiger partial charge in [0.1, 0.15) is 5.82 Å². The topological polar surface area (TPSA) is 55.6 Å². The highest BCUT2D eigenvalue weighted by molar-refractivity contribution is 5.62. The molecule has 0 aliphatic heterocycles. The molecule has 5 heteroatoms. The molecule has 1 aliphatic rings. The number of aromatic nitrogens is 4. The van der Waals surface area contributed by atoms with Crippen LogP contribution >= 0.6 is 0 Å². The van der Waals surface area contributed by atoms with Gasteiger partial charge in [0, 0.05) is 31.0 Å². The first-order valence-electron chi connectivity index (χ1n) is 6.83. The van der Waals surface area contributed by atoms with Gasteiger partial charge < -0.3 is 5.32 Å². The molecular weight excluding hydrogens is 238 g/mol. The molecule has 1 aliphatic carbocycles. The number of fused-ring (bicyclic) bond motifs is 1. The van der Waals surface area contributed by atoms with E-state index in [1.165, 1.54) is 17.7 Å². The minimum Gasteiger partial charge on any atom is -0.370 e. The average Bonchev–Trinajstić information content (AvgIpc) is 2.95. The molecule has 0 radical (unpaired) electrons. The summed E-state index contributed by atoms with van der Waals surface area (Å²) >= 11 is 0. The van der Waals surface area contributed by atoms with Crippen molar-refractivity contribution in [2.45, 2.75) is 33.1 Å². The Balaban J connectivity index is 2.12. The number of nitrogens with one attached hydrogen (secondary N) is 1. The third-order valence-corrected chi connectivity index (χ3v) is 3.53. The molecule has 100 valence electrons. The first-order chi connectivity index (χ1) is 9.19. The predicted octanol–water partition coefficient (Wildman–Crippen LogP) is 2.11. The Kier molecular flexibility index (Phi) is 2.97. The second-order valence-corrected chi connectivity index (χ2v) is 5.01. The van der Waals surface area contributed by atoms with E-state index in [-0.39, 0.29) is 0 Å². The Morgan fingerprint density at radius 1 is 1.32 bits per heavy atom. The summed E-state index contributed by atoms with van der Waals surface area (Å²) in [6.45, 7) is 4.98. The zero-order valence-corrected chi connectivity index (χ0v) is 11.7. The quantitative estimate of drug-likeness (QED) is 0.915. The van der Waals surface area contributed by atoms with Gasteiger partial charge in [-0.25, -0.2) is 9.97 Å². The zero-order valence-electron chi connectivity index (χ0n) is 11.7. The van der Waals surface area contributed by atoms with Crippen molar-refractivity contribution >= 4 is 5.82 Å². The fourth-order valence-electron chi connectivity index (χ4n) is 2.69. The van der Waals surface area contributed by atoms with Crippen LogP contribution < -0.4 is 5.32 Å². The van der Waals surface area contributed by atoms with Gasteiger partial charge in [-0.15, -0.1) is 0 Å². The minimum absolute atomic E-state index is 0.794. The lowest BCUT2D eigenvalue weighted by Crippen LogP contribution is -2.06. The number of anilines is 1. The van der Waals surface area contributed by atoms with Crippen LogP contribution in [0.5, 0.6) is 0 Å². The average molecular weight is 257 g/mol. The van der Waals surface area contributed by atoms with Crippen molar-refractivity contribution in [1.82, 2.24) is 19.7 Å². The Labute approximate surface area is 113 Å². The largest absolute Gasteiger partial charge is 0.370 e. The maximum atomic E-state index is 4.74. The normalized spacial score (nSPS) is 13.6. The molecule has 5 nitrogen and oxygen atoms in total. The highest BCUT2D eigenvalue weighted by Crippen LogP contribution is 2.29. The van der Waals surface area contributed by atoms with Crippen molar-refractivity contribution < 1.29 is 0 Å². The molecular formula is C14H19N5. The summed E-state index contributed by atoms with van der Waals surface area (Å²) in [5.41, 5.74) is 4.50. The third-order valence-electron chi connectivity index (χ3n) is 3.53. The van der Waals surface area contributed by atoms with Crippen LogP contribution in [0.4, 0.5) is 5.82 Å². The summed E-state index contributed by atoms with van der Waals surface area (Å²) in [5.74, 6) is 1.80. The monoisotopic (exact) mass is 257 g/mol. The van der Waals surface area contributed by atoms with Gasteiger partial charge >= 0.3 is 0 Å². The van der Waals surface area contributed by atoms with E-state index in [9.17, 15) is 0 Å². The molecule has 2 heterocycles. The van der Waals surface area contributed by atoms with Crippen LogP contribution in [0.15, 0.2) is 6.20 Å². The lowest BCUT2D eigenvalue weighted by molar-refractivity contribution is 0.756. The van der Waals surface area contributed by atoms with E-state index in [4.69, 9.17) is 9.97 Å². The third kappa shape index (κ3) is 2.09. The van der Waals surface area contributed by atoms with Crippen LogP contribution in [-0.2, 0) is 19.9 Å². The molecule has 0 fully saturated rings. The van der Waals surface area contributed by atoms with Crippen molar-refractivity contribution in [3.63, 3.8) is 0 Å². The molecule has 0 saturated carbocycles. The van der Waals surface area contributed by atoms with Crippen LogP contribution in [0.1, 0.15) is 30.3 Å². The van der Waals surface area contributed by atoms with E-state index in [0.29, 0.717) is 0 Å². The highest BCUT2D eigenvalue weighted by atomic mass is 15.3. The lowest BCUT2D eigenvalue weighted by atomic mass is 10.2. The summed E-state index contributed by atoms with van der Waals surface area (Å²) in [7, 11) is 1.93. The highest BCUT2D eigenvalue weighted by Gasteiger charge is 2.20. The van der Waals surface area contributed by atoms with Gasteiger partial charge in [-0.2, -0.15) is 5.10 Å². The molecule has 2 aromatic heterocycles. The van der Waals surface area contributed by atoms with Gasteiger partial charge in [-0.3, -0.25) is 4.68 Å². The van der Waals surface area contributed by atoms with Crippen LogP contribution in [0, 0.1) is 6.92 Å². The smallest absolute Gasteiger partial charge is 0.165 e. The van der Waals surface area contributed by atoms with Crippen LogP contribution in [0.2, 0.25) is 0 Å². The van der Waals surface area contributed by atoms with Gasteiger partial charge in [-0.1, -0.05) is 0 Å². The first kappa shape index (κ1) is 12.1. The van der Waals surface area contributed by atoms with E-state index < -0.39 is 0 Å². The van der Waals surface area contributed by atoms with Crippen molar-refractivity contribution in [1.29, 1.82) is 0 Å². The molecule has 0 aromatic carbocycles. The molecule has 0 spiro atoms. The summed E-state index contributed by atoms with van der Waals surface area (Å²) in [6, 6.07) is 0. The Bertz CT molecular complexity index is 615. The molecule has 0 unspecified atom stereocenters. The van der Waals surface area contributed by atoms with Crippen LogP contribution in [-0.4, -0.2) is 26.3 Å². The van der Waals surface area contributed by atoms with Gasteiger partial charge in [0.25, 0.3) is 0 Å². The lowest BCUT2D eigenvalue weighted by Gasteiger charge is -2.10. The molecule has 2 aromatic rings. The van der Waals surface area contributed by atoms with Crippen molar-refractivity contribution in [2.75, 3.05) is 11.9 Å². The molecule has 3 rings (SSSR count). The SMILES string of the molecule is CCNc1nc(-c2cn(C)nc2C)nc2c1CCC2.